The van der Waals surface area contributed by atoms with Gasteiger partial charge in [-0.2, -0.15) is 0 Å². The summed E-state index contributed by atoms with van der Waals surface area (Å²) in [4.78, 5) is 13.3. The number of carbonyl (C=O) groups excluding carboxylic acids is 1. The quantitative estimate of drug-likeness (QED) is 0.0204. The van der Waals surface area contributed by atoms with Crippen molar-refractivity contribution >= 4 is 5.91 Å². The molecule has 0 radical (unpaired) electrons. The zero-order valence-corrected chi connectivity index (χ0v) is 54.5. The predicted molar refractivity (Wildman–Crippen MR) is 355 cm³/mol. The maximum absolute atomic E-state index is 13.3. The molecular weight excluding hydrogens is 1100 g/mol. The van der Waals surface area contributed by atoms with Crippen LogP contribution in [-0.4, -0.2) is 140 Å². The van der Waals surface area contributed by atoms with Crippen molar-refractivity contribution in [3.8, 4) is 0 Å². The highest BCUT2D eigenvalue weighted by Crippen LogP contribution is 2.30. The van der Waals surface area contributed by atoms with Crippen LogP contribution in [0.25, 0.3) is 0 Å². The van der Waals surface area contributed by atoms with Gasteiger partial charge in [-0.25, -0.2) is 0 Å². The van der Waals surface area contributed by atoms with Crippen molar-refractivity contribution < 1.29 is 64.6 Å². The Morgan fingerprint density at radius 1 is 0.425 bits per heavy atom. The minimum atomic E-state index is -1.79. The first-order chi connectivity index (χ1) is 42.6. The van der Waals surface area contributed by atoms with Crippen LogP contribution in [-0.2, 0) is 23.7 Å². The van der Waals surface area contributed by atoms with Gasteiger partial charge in [-0.15, -0.1) is 0 Å². The first-order valence-corrected chi connectivity index (χ1v) is 35.0. The van der Waals surface area contributed by atoms with Crippen LogP contribution in [0.15, 0.2) is 97.2 Å². The number of hydrogen-bond donors (Lipinski definition) is 9. The number of nitrogens with one attached hydrogen (secondary N) is 1. The van der Waals surface area contributed by atoms with Crippen LogP contribution >= 0.6 is 0 Å². The number of rotatable bonds is 56. The smallest absolute Gasteiger partial charge is 0.220 e. The first-order valence-electron chi connectivity index (χ1n) is 35.0. The van der Waals surface area contributed by atoms with E-state index in [9.17, 15) is 45.6 Å². The fourth-order valence-corrected chi connectivity index (χ4v) is 11.0. The summed E-state index contributed by atoms with van der Waals surface area (Å²) in [5, 5.41) is 87.4. The Balaban J connectivity index is 1.59. The normalized spacial score (nSPS) is 23.9. The summed E-state index contributed by atoms with van der Waals surface area (Å²) in [6.07, 6.45) is 62.8. The first kappa shape index (κ1) is 80.0. The number of hydrogen-bond acceptors (Lipinski definition) is 13. The third-order valence-corrected chi connectivity index (χ3v) is 16.6. The molecule has 1 amide bonds. The molecule has 14 nitrogen and oxygen atoms in total. The average Bonchev–Trinajstić information content (AvgIpc) is 2.05. The SMILES string of the molecule is CC/C=C\C/C=C\C/C=C\C/C=C\C/C=C\C/C=C\C/C=C\C/C=C\CCCCCCCCCCCCCCCCC(=O)NC(COC1OC(CO)C(OC2OC(CO)C(O)C(O)C2O)C(O)C1O)C(O)CCCCCCCCCCCCCCCC. The molecule has 14 heteroatoms. The second-order valence-corrected chi connectivity index (χ2v) is 24.3. The van der Waals surface area contributed by atoms with Gasteiger partial charge in [0.15, 0.2) is 12.6 Å². The lowest BCUT2D eigenvalue weighted by atomic mass is 9.97. The van der Waals surface area contributed by atoms with Gasteiger partial charge in [0.1, 0.15) is 48.8 Å². The van der Waals surface area contributed by atoms with Gasteiger partial charge in [0.05, 0.1) is 32.0 Å². The van der Waals surface area contributed by atoms with Crippen LogP contribution in [0.1, 0.15) is 264 Å². The monoisotopic (exact) mass is 1230 g/mol. The number of unbranched alkanes of at least 4 members (excludes halogenated alkanes) is 27. The zero-order valence-electron chi connectivity index (χ0n) is 54.5. The molecule has 2 aliphatic rings. The van der Waals surface area contributed by atoms with Gasteiger partial charge in [-0.1, -0.05) is 278 Å². The molecule has 0 bridgehead atoms. The molecule has 12 unspecified atom stereocenters. The van der Waals surface area contributed by atoms with Crippen LogP contribution in [0.3, 0.4) is 0 Å². The highest BCUT2D eigenvalue weighted by atomic mass is 16.7. The van der Waals surface area contributed by atoms with E-state index in [0.717, 1.165) is 103 Å². The largest absolute Gasteiger partial charge is 0.394 e. The molecule has 0 aromatic carbocycles. The Labute approximate surface area is 528 Å². The number of amides is 1. The Hall–Kier alpha value is -3.09. The van der Waals surface area contributed by atoms with Gasteiger partial charge >= 0.3 is 0 Å². The summed E-state index contributed by atoms with van der Waals surface area (Å²) in [5.74, 6) is -0.209. The zero-order chi connectivity index (χ0) is 63.1. The number of ether oxygens (including phenoxy) is 4. The molecule has 2 saturated heterocycles. The molecule has 2 rings (SSSR count). The molecule has 87 heavy (non-hydrogen) atoms. The van der Waals surface area contributed by atoms with E-state index in [-0.39, 0.29) is 12.5 Å². The summed E-state index contributed by atoms with van der Waals surface area (Å²) in [6.45, 7) is 2.75. The lowest BCUT2D eigenvalue weighted by Gasteiger charge is -2.46. The van der Waals surface area contributed by atoms with Crippen LogP contribution in [0.2, 0.25) is 0 Å². The van der Waals surface area contributed by atoms with Gasteiger partial charge in [-0.3, -0.25) is 4.79 Å². The van der Waals surface area contributed by atoms with Crippen molar-refractivity contribution in [3.05, 3.63) is 97.2 Å². The van der Waals surface area contributed by atoms with Gasteiger partial charge in [0.25, 0.3) is 0 Å². The molecule has 0 spiro atoms. The average molecular weight is 1230 g/mol. The van der Waals surface area contributed by atoms with E-state index in [2.05, 4.69) is 116 Å². The van der Waals surface area contributed by atoms with Gasteiger partial charge < -0.3 is 65.1 Å². The lowest BCUT2D eigenvalue weighted by molar-refractivity contribution is -0.359. The van der Waals surface area contributed by atoms with Gasteiger partial charge in [-0.05, 0) is 77.0 Å². The molecular formula is C73H127NO13. The van der Waals surface area contributed by atoms with E-state index >= 15 is 0 Å². The molecule has 12 atom stereocenters. The third-order valence-electron chi connectivity index (χ3n) is 16.6. The highest BCUT2D eigenvalue weighted by molar-refractivity contribution is 5.76. The van der Waals surface area contributed by atoms with Crippen molar-refractivity contribution in [2.45, 2.75) is 338 Å². The maximum atomic E-state index is 13.3. The van der Waals surface area contributed by atoms with Crippen molar-refractivity contribution in [2.24, 2.45) is 0 Å². The van der Waals surface area contributed by atoms with Crippen molar-refractivity contribution in [3.63, 3.8) is 0 Å². The molecule has 2 aliphatic heterocycles. The number of aliphatic hydroxyl groups excluding tert-OH is 8. The van der Waals surface area contributed by atoms with Crippen molar-refractivity contribution in [1.82, 2.24) is 5.32 Å². The minimum absolute atomic E-state index is 0.209. The van der Waals surface area contributed by atoms with Crippen LogP contribution < -0.4 is 5.32 Å². The third kappa shape index (κ3) is 41.1. The number of aliphatic hydroxyl groups is 8. The Bertz CT molecular complexity index is 1830. The molecule has 0 saturated carbocycles. The second-order valence-electron chi connectivity index (χ2n) is 24.3. The fraction of sp³-hybridized carbons (Fsp3) is 0.767. The van der Waals surface area contributed by atoms with E-state index in [0.29, 0.717) is 12.8 Å². The standard InChI is InChI=1S/C73H127NO13/c1-3-5-7-9-11-13-15-17-19-20-21-22-23-24-25-26-27-28-29-30-31-32-33-34-35-36-37-38-39-40-41-42-43-45-47-49-51-53-55-57-65(78)74-61(62(77)56-54-52-50-48-46-44-18-16-14-12-10-8-6-4-2)60-84-72-70(83)68(81)71(64(59-76)86-72)87-73-69(82)67(80)66(79)63(58-75)85-73/h5,7,11,13,17,19,21-22,24-25,27-28,30-31,33-34,61-64,66-73,75-77,79-83H,3-4,6,8-10,12,14-16,18,20,23,26,29,32,35-60H2,1-2H3,(H,74,78)/b7-5-,13-11-,19-17-,22-21-,25-24-,28-27-,31-30-,34-33-. The van der Waals surface area contributed by atoms with E-state index in [1.165, 1.54) is 135 Å². The summed E-state index contributed by atoms with van der Waals surface area (Å²) in [5.41, 5.74) is 0. The van der Waals surface area contributed by atoms with E-state index in [4.69, 9.17) is 18.9 Å². The van der Waals surface area contributed by atoms with Crippen LogP contribution in [0.4, 0.5) is 0 Å². The van der Waals surface area contributed by atoms with Crippen LogP contribution in [0.5, 0.6) is 0 Å². The summed E-state index contributed by atoms with van der Waals surface area (Å²) in [7, 11) is 0. The van der Waals surface area contributed by atoms with E-state index in [1.54, 1.807) is 0 Å². The molecule has 502 valence electrons. The molecule has 0 aromatic rings. The van der Waals surface area contributed by atoms with E-state index < -0.39 is 86.8 Å². The fourth-order valence-electron chi connectivity index (χ4n) is 11.0. The van der Waals surface area contributed by atoms with E-state index in [1.807, 2.05) is 0 Å². The Morgan fingerprint density at radius 2 is 0.793 bits per heavy atom. The predicted octanol–water partition coefficient (Wildman–Crippen LogP) is 14.2. The van der Waals surface area contributed by atoms with Gasteiger partial charge in [0, 0.05) is 6.42 Å². The molecule has 9 N–H and O–H groups in total. The van der Waals surface area contributed by atoms with Crippen molar-refractivity contribution in [2.75, 3.05) is 19.8 Å². The lowest BCUT2D eigenvalue weighted by Crippen LogP contribution is -2.65. The number of carbonyl (C=O) groups is 1. The van der Waals surface area contributed by atoms with Gasteiger partial charge in [0.2, 0.25) is 5.91 Å². The summed E-state index contributed by atoms with van der Waals surface area (Å²) < 4.78 is 22.9. The number of allylic oxidation sites excluding steroid dienone is 16. The van der Waals surface area contributed by atoms with Crippen LogP contribution in [0, 0.1) is 0 Å². The Morgan fingerprint density at radius 3 is 1.22 bits per heavy atom. The molecule has 2 fully saturated rings. The minimum Gasteiger partial charge on any atom is -0.394 e. The topological polar surface area (TPSA) is 228 Å². The second kappa shape index (κ2) is 56.9. The van der Waals surface area contributed by atoms with Crippen molar-refractivity contribution in [1.29, 1.82) is 0 Å². The highest BCUT2D eigenvalue weighted by Gasteiger charge is 2.51. The molecule has 0 aromatic heterocycles. The summed E-state index contributed by atoms with van der Waals surface area (Å²) >= 11 is 0. The summed E-state index contributed by atoms with van der Waals surface area (Å²) in [6, 6.07) is -0.833. The molecule has 0 aliphatic carbocycles. The molecule has 2 heterocycles. The maximum Gasteiger partial charge on any atom is 0.220 e. The Kier molecular flexibility index (Phi) is 52.3.